The predicted octanol–water partition coefficient (Wildman–Crippen LogP) is 11.6. The lowest BCUT2D eigenvalue weighted by Gasteiger charge is -2.16. The lowest BCUT2D eigenvalue weighted by Crippen LogP contribution is -1.98. The van der Waals surface area contributed by atoms with Crippen LogP contribution in [0.1, 0.15) is 5.56 Å². The molecule has 0 aliphatic carbocycles. The summed E-state index contributed by atoms with van der Waals surface area (Å²) in [5.74, 6) is 0. The van der Waals surface area contributed by atoms with Crippen LogP contribution in [0.5, 0.6) is 0 Å². The zero-order valence-electron chi connectivity index (χ0n) is 25.8. The standard InChI is InChI=1S/C44H26N4/c1-46-38-16-10-15-33(44(38)48-42-19-8-4-13-36(42)37-14-5-9-20-43(37)48)30-23-21-29(22-24-30)31-25-26-39(32(27-31)28-45)47-40-17-6-2-11-34(40)35-12-3-7-18-41(35)47/h2-27H. The lowest BCUT2D eigenvalue weighted by atomic mass is 9.97. The zero-order chi connectivity index (χ0) is 32.2. The minimum Gasteiger partial charge on any atom is -0.318 e. The number of fused-ring (bicyclic) bond motifs is 6. The number of rotatable bonds is 4. The Balaban J connectivity index is 1.16. The van der Waals surface area contributed by atoms with Gasteiger partial charge in [0.15, 0.2) is 0 Å². The summed E-state index contributed by atoms with van der Waals surface area (Å²) in [6, 6.07) is 56.4. The minimum absolute atomic E-state index is 0.599. The first-order chi connectivity index (χ1) is 23.7. The highest BCUT2D eigenvalue weighted by molar-refractivity contribution is 6.11. The number of benzene rings is 7. The van der Waals surface area contributed by atoms with Gasteiger partial charge in [-0.1, -0.05) is 121 Å². The van der Waals surface area contributed by atoms with E-state index >= 15 is 0 Å². The van der Waals surface area contributed by atoms with E-state index in [-0.39, 0.29) is 0 Å². The molecular weight excluding hydrogens is 585 g/mol. The zero-order valence-corrected chi connectivity index (χ0v) is 25.8. The van der Waals surface area contributed by atoms with Crippen molar-refractivity contribution in [3.05, 3.63) is 175 Å². The van der Waals surface area contributed by atoms with Crippen molar-refractivity contribution in [3.63, 3.8) is 0 Å². The normalized spacial score (nSPS) is 11.3. The highest BCUT2D eigenvalue weighted by Gasteiger charge is 2.19. The molecule has 9 aromatic rings. The van der Waals surface area contributed by atoms with Gasteiger partial charge in [-0.15, -0.1) is 0 Å². The summed E-state index contributed by atoms with van der Waals surface area (Å²) in [4.78, 5) is 3.97. The summed E-state index contributed by atoms with van der Waals surface area (Å²) in [7, 11) is 0. The lowest BCUT2D eigenvalue weighted by molar-refractivity contribution is 1.17. The Morgan fingerprint density at radius 2 is 0.958 bits per heavy atom. The fourth-order valence-electron chi connectivity index (χ4n) is 7.28. The molecule has 0 bridgehead atoms. The molecule has 4 nitrogen and oxygen atoms in total. The van der Waals surface area contributed by atoms with Crippen LogP contribution in [-0.4, -0.2) is 9.13 Å². The van der Waals surface area contributed by atoms with Crippen LogP contribution in [0.2, 0.25) is 0 Å². The van der Waals surface area contributed by atoms with E-state index in [0.717, 1.165) is 66.5 Å². The third kappa shape index (κ3) is 4.07. The molecule has 2 aromatic heterocycles. The molecule has 9 rings (SSSR count). The number of nitrogens with zero attached hydrogens (tertiary/aromatic N) is 4. The van der Waals surface area contributed by atoms with Crippen LogP contribution in [-0.2, 0) is 0 Å². The summed E-state index contributed by atoms with van der Waals surface area (Å²) in [6.45, 7) is 8.09. The van der Waals surface area contributed by atoms with Crippen LogP contribution in [0, 0.1) is 17.9 Å². The van der Waals surface area contributed by atoms with E-state index in [2.05, 4.69) is 147 Å². The molecule has 222 valence electrons. The predicted molar refractivity (Wildman–Crippen MR) is 197 cm³/mol. The molecule has 0 aliphatic rings. The van der Waals surface area contributed by atoms with Crippen molar-refractivity contribution in [3.8, 4) is 39.7 Å². The third-order valence-electron chi connectivity index (χ3n) is 9.41. The molecule has 0 fully saturated rings. The van der Waals surface area contributed by atoms with Crippen LogP contribution in [0.25, 0.3) is 82.1 Å². The number of para-hydroxylation sites is 5. The summed E-state index contributed by atoms with van der Waals surface area (Å²) >= 11 is 0. The average Bonchev–Trinajstić information content (AvgIpc) is 3.67. The van der Waals surface area contributed by atoms with Gasteiger partial charge in [-0.2, -0.15) is 5.26 Å². The Hall–Kier alpha value is -6.88. The van der Waals surface area contributed by atoms with Crippen LogP contribution >= 0.6 is 0 Å². The molecule has 48 heavy (non-hydrogen) atoms. The Morgan fingerprint density at radius 1 is 0.479 bits per heavy atom. The van der Waals surface area contributed by atoms with Gasteiger partial charge in [0.1, 0.15) is 6.07 Å². The quantitative estimate of drug-likeness (QED) is 0.183. The van der Waals surface area contributed by atoms with Crippen LogP contribution in [0.15, 0.2) is 158 Å². The van der Waals surface area contributed by atoms with Crippen molar-refractivity contribution >= 4 is 49.3 Å². The fourth-order valence-corrected chi connectivity index (χ4v) is 7.28. The fraction of sp³-hybridized carbons (Fsp3) is 0. The van der Waals surface area contributed by atoms with E-state index in [1.807, 2.05) is 30.3 Å². The molecule has 0 radical (unpaired) electrons. The topological polar surface area (TPSA) is 38.0 Å². The summed E-state index contributed by atoms with van der Waals surface area (Å²) in [5, 5.41) is 15.0. The Kier molecular flexibility index (Phi) is 6.22. The van der Waals surface area contributed by atoms with E-state index in [1.165, 1.54) is 10.8 Å². The van der Waals surface area contributed by atoms with E-state index in [9.17, 15) is 5.26 Å². The van der Waals surface area contributed by atoms with Gasteiger partial charge in [0, 0.05) is 21.5 Å². The Labute approximate surface area is 277 Å². The van der Waals surface area contributed by atoms with Crippen LogP contribution < -0.4 is 0 Å². The van der Waals surface area contributed by atoms with Crippen molar-refractivity contribution < 1.29 is 0 Å². The van der Waals surface area contributed by atoms with Gasteiger partial charge in [-0.25, -0.2) is 4.85 Å². The molecule has 7 aromatic carbocycles. The van der Waals surface area contributed by atoms with Gasteiger partial charge >= 0.3 is 0 Å². The smallest absolute Gasteiger partial charge is 0.211 e. The second kappa shape index (κ2) is 10.9. The van der Waals surface area contributed by atoms with Gasteiger partial charge < -0.3 is 9.13 Å². The largest absolute Gasteiger partial charge is 0.318 e. The summed E-state index contributed by atoms with van der Waals surface area (Å²) < 4.78 is 4.42. The van der Waals surface area contributed by atoms with Gasteiger partial charge in [0.05, 0.1) is 45.6 Å². The third-order valence-corrected chi connectivity index (χ3v) is 9.41. The van der Waals surface area contributed by atoms with E-state index < -0.39 is 0 Å². The molecule has 0 saturated carbocycles. The molecule has 0 unspecified atom stereocenters. The van der Waals surface area contributed by atoms with Crippen molar-refractivity contribution in [2.75, 3.05) is 0 Å². The maximum Gasteiger partial charge on any atom is 0.211 e. The molecule has 0 aliphatic heterocycles. The molecular formula is C44H26N4. The number of aromatic nitrogens is 2. The van der Waals surface area contributed by atoms with Gasteiger partial charge in [0.25, 0.3) is 0 Å². The number of hydrogen-bond acceptors (Lipinski definition) is 1. The summed E-state index contributed by atoms with van der Waals surface area (Å²) in [5.41, 5.74) is 11.2. The van der Waals surface area contributed by atoms with Crippen molar-refractivity contribution in [1.82, 2.24) is 9.13 Å². The molecule has 0 saturated heterocycles. The van der Waals surface area contributed by atoms with E-state index in [1.54, 1.807) is 0 Å². The Morgan fingerprint density at radius 3 is 1.48 bits per heavy atom. The van der Waals surface area contributed by atoms with E-state index in [0.29, 0.717) is 11.3 Å². The second-order valence-corrected chi connectivity index (χ2v) is 11.9. The maximum atomic E-state index is 10.4. The molecule has 4 heteroatoms. The SMILES string of the molecule is [C-]#[N+]c1cccc(-c2ccc(-c3ccc(-n4c5ccccc5c5ccccc54)c(C#N)c3)cc2)c1-n1c2ccccc2c2ccccc21. The van der Waals surface area contributed by atoms with Gasteiger partial charge in [-0.3, -0.25) is 0 Å². The second-order valence-electron chi connectivity index (χ2n) is 11.9. The van der Waals surface area contributed by atoms with Crippen molar-refractivity contribution in [2.24, 2.45) is 0 Å². The minimum atomic E-state index is 0.599. The molecule has 0 spiro atoms. The molecule has 0 atom stereocenters. The first kappa shape index (κ1) is 27.4. The van der Waals surface area contributed by atoms with E-state index in [4.69, 9.17) is 6.57 Å². The highest BCUT2D eigenvalue weighted by Crippen LogP contribution is 2.41. The maximum absolute atomic E-state index is 10.4. The van der Waals surface area contributed by atoms with Crippen LogP contribution in [0.3, 0.4) is 0 Å². The number of hydrogen-bond donors (Lipinski definition) is 0. The highest BCUT2D eigenvalue weighted by atomic mass is 15.0. The monoisotopic (exact) mass is 610 g/mol. The van der Waals surface area contributed by atoms with Crippen molar-refractivity contribution in [1.29, 1.82) is 5.26 Å². The van der Waals surface area contributed by atoms with Gasteiger partial charge in [-0.05, 0) is 58.7 Å². The average molecular weight is 611 g/mol. The first-order valence-electron chi connectivity index (χ1n) is 15.9. The van der Waals surface area contributed by atoms with Crippen molar-refractivity contribution in [2.45, 2.75) is 0 Å². The van der Waals surface area contributed by atoms with Crippen LogP contribution in [0.4, 0.5) is 5.69 Å². The molecule has 0 amide bonds. The first-order valence-corrected chi connectivity index (χ1v) is 15.9. The summed E-state index contributed by atoms with van der Waals surface area (Å²) in [6.07, 6.45) is 0. The number of nitriles is 1. The Bertz CT molecular complexity index is 2690. The van der Waals surface area contributed by atoms with Gasteiger partial charge in [0.2, 0.25) is 5.69 Å². The molecule has 0 N–H and O–H groups in total. The molecule has 2 heterocycles.